The third kappa shape index (κ3) is 5.22. The number of benzene rings is 1. The van der Waals surface area contributed by atoms with Crippen molar-refractivity contribution in [3.05, 3.63) is 29.8 Å². The molecule has 96 valence electrons. The topological polar surface area (TPSA) is 9.23 Å². The Balaban J connectivity index is 2.54. The first-order valence-corrected chi connectivity index (χ1v) is 7.76. The van der Waals surface area contributed by atoms with E-state index in [4.69, 9.17) is 16.3 Å². The monoisotopic (exact) mass is 272 g/mol. The van der Waals surface area contributed by atoms with Crippen LogP contribution in [-0.2, 0) is 6.42 Å². The fourth-order valence-corrected chi connectivity index (χ4v) is 2.86. The first-order valence-electron chi connectivity index (χ1n) is 6.07. The lowest BCUT2D eigenvalue weighted by Gasteiger charge is -2.15. The molecule has 1 aromatic rings. The summed E-state index contributed by atoms with van der Waals surface area (Å²) in [6.45, 7) is 2.20. The molecule has 0 N–H and O–H groups in total. The number of thioether (sulfide) groups is 1. The summed E-state index contributed by atoms with van der Waals surface area (Å²) in [4.78, 5) is 0. The predicted molar refractivity (Wildman–Crippen MR) is 78.5 cm³/mol. The van der Waals surface area contributed by atoms with Crippen molar-refractivity contribution in [1.29, 1.82) is 0 Å². The molecule has 1 aromatic carbocycles. The lowest BCUT2D eigenvalue weighted by molar-refractivity contribution is 0.405. The van der Waals surface area contributed by atoms with Crippen LogP contribution in [0.1, 0.15) is 18.9 Å². The Labute approximate surface area is 114 Å². The fourth-order valence-electron chi connectivity index (χ4n) is 1.81. The van der Waals surface area contributed by atoms with E-state index >= 15 is 0 Å². The lowest BCUT2D eigenvalue weighted by atomic mass is 9.98. The van der Waals surface area contributed by atoms with Crippen LogP contribution in [0.5, 0.6) is 5.75 Å². The van der Waals surface area contributed by atoms with Crippen LogP contribution in [0.4, 0.5) is 0 Å². The van der Waals surface area contributed by atoms with Crippen LogP contribution in [-0.4, -0.2) is 24.5 Å². The number of alkyl halides is 1. The molecule has 3 heteroatoms. The van der Waals surface area contributed by atoms with Crippen molar-refractivity contribution in [3.8, 4) is 5.75 Å². The highest BCUT2D eigenvalue weighted by Gasteiger charge is 2.11. The minimum atomic E-state index is 0.548. The van der Waals surface area contributed by atoms with E-state index in [1.54, 1.807) is 7.11 Å². The van der Waals surface area contributed by atoms with Gasteiger partial charge in [-0.2, -0.15) is 11.8 Å². The molecule has 1 atom stereocenters. The summed E-state index contributed by atoms with van der Waals surface area (Å²) in [7, 11) is 1.72. The van der Waals surface area contributed by atoms with Gasteiger partial charge < -0.3 is 4.74 Å². The van der Waals surface area contributed by atoms with Crippen LogP contribution in [0.15, 0.2) is 24.3 Å². The minimum absolute atomic E-state index is 0.548. The third-order valence-corrected chi connectivity index (χ3v) is 4.16. The van der Waals surface area contributed by atoms with Crippen LogP contribution in [0.3, 0.4) is 0 Å². The van der Waals surface area contributed by atoms with Crippen molar-refractivity contribution in [3.63, 3.8) is 0 Å². The summed E-state index contributed by atoms with van der Waals surface area (Å²) < 4.78 is 5.37. The Kier molecular flexibility index (Phi) is 7.54. The average Bonchev–Trinajstić information content (AvgIpc) is 2.38. The Bertz CT molecular complexity index is 317. The molecule has 0 bridgehead atoms. The zero-order valence-electron chi connectivity index (χ0n) is 10.6. The second-order valence-corrected chi connectivity index (χ2v) is 5.72. The van der Waals surface area contributed by atoms with E-state index in [1.807, 2.05) is 23.9 Å². The Hall–Kier alpha value is -0.340. The van der Waals surface area contributed by atoms with Crippen LogP contribution in [0.25, 0.3) is 0 Å². The molecular weight excluding hydrogens is 252 g/mol. The van der Waals surface area contributed by atoms with Gasteiger partial charge in [0, 0.05) is 5.88 Å². The number of rotatable bonds is 8. The number of ether oxygens (including phenoxy) is 1. The SMILES string of the molecule is CCSCCC(CCl)Cc1ccccc1OC. The van der Waals surface area contributed by atoms with Gasteiger partial charge >= 0.3 is 0 Å². The van der Waals surface area contributed by atoms with Gasteiger partial charge in [0.1, 0.15) is 5.75 Å². The molecule has 0 spiro atoms. The van der Waals surface area contributed by atoms with Crippen LogP contribution in [0, 0.1) is 5.92 Å². The molecule has 0 saturated carbocycles. The summed E-state index contributed by atoms with van der Waals surface area (Å²) in [5.74, 6) is 4.63. The zero-order valence-corrected chi connectivity index (χ0v) is 12.2. The zero-order chi connectivity index (χ0) is 12.5. The van der Waals surface area contributed by atoms with Gasteiger partial charge in [0.05, 0.1) is 7.11 Å². The normalized spacial score (nSPS) is 12.4. The van der Waals surface area contributed by atoms with Crippen molar-refractivity contribution in [2.75, 3.05) is 24.5 Å². The fraction of sp³-hybridized carbons (Fsp3) is 0.571. The Morgan fingerprint density at radius 2 is 2.12 bits per heavy atom. The molecule has 0 radical (unpaired) electrons. The lowest BCUT2D eigenvalue weighted by Crippen LogP contribution is -2.09. The molecule has 0 amide bonds. The largest absolute Gasteiger partial charge is 0.496 e. The summed E-state index contributed by atoms with van der Waals surface area (Å²) in [6.07, 6.45) is 2.19. The Morgan fingerprint density at radius 3 is 2.76 bits per heavy atom. The van der Waals surface area contributed by atoms with Gasteiger partial charge in [0.15, 0.2) is 0 Å². The van der Waals surface area contributed by atoms with E-state index in [1.165, 1.54) is 23.5 Å². The molecule has 1 rings (SSSR count). The van der Waals surface area contributed by atoms with Gasteiger partial charge in [-0.1, -0.05) is 25.1 Å². The smallest absolute Gasteiger partial charge is 0.122 e. The van der Waals surface area contributed by atoms with Gasteiger partial charge in [-0.05, 0) is 41.9 Å². The molecule has 0 aliphatic rings. The number of para-hydroxylation sites is 1. The first-order chi connectivity index (χ1) is 8.31. The highest BCUT2D eigenvalue weighted by Crippen LogP contribution is 2.23. The average molecular weight is 273 g/mol. The van der Waals surface area contributed by atoms with E-state index in [0.717, 1.165) is 18.1 Å². The quantitative estimate of drug-likeness (QED) is 0.517. The summed E-state index contributed by atoms with van der Waals surface area (Å²) in [6, 6.07) is 8.21. The number of halogens is 1. The standard InChI is InChI=1S/C14H21ClOS/c1-3-17-9-8-12(11-15)10-13-6-4-5-7-14(13)16-2/h4-7,12H,3,8-11H2,1-2H3. The minimum Gasteiger partial charge on any atom is -0.496 e. The van der Waals surface area contributed by atoms with Gasteiger partial charge in [0.25, 0.3) is 0 Å². The molecule has 0 aliphatic carbocycles. The maximum Gasteiger partial charge on any atom is 0.122 e. The summed E-state index contributed by atoms with van der Waals surface area (Å²) >= 11 is 8.02. The van der Waals surface area contributed by atoms with Crippen molar-refractivity contribution >= 4 is 23.4 Å². The summed E-state index contributed by atoms with van der Waals surface area (Å²) in [5, 5.41) is 0. The van der Waals surface area contributed by atoms with Crippen molar-refractivity contribution in [2.24, 2.45) is 5.92 Å². The summed E-state index contributed by atoms with van der Waals surface area (Å²) in [5.41, 5.74) is 1.27. The number of methoxy groups -OCH3 is 1. The van der Waals surface area contributed by atoms with E-state index in [9.17, 15) is 0 Å². The second kappa shape index (κ2) is 8.71. The highest BCUT2D eigenvalue weighted by atomic mass is 35.5. The second-order valence-electron chi connectivity index (χ2n) is 4.02. The maximum absolute atomic E-state index is 6.04. The van der Waals surface area contributed by atoms with Crippen LogP contribution >= 0.6 is 23.4 Å². The molecule has 17 heavy (non-hydrogen) atoms. The van der Waals surface area contributed by atoms with Crippen LogP contribution < -0.4 is 4.74 Å². The Morgan fingerprint density at radius 1 is 1.35 bits per heavy atom. The number of hydrogen-bond donors (Lipinski definition) is 0. The van der Waals surface area contributed by atoms with Gasteiger partial charge in [-0.3, -0.25) is 0 Å². The molecule has 0 saturated heterocycles. The molecular formula is C14H21ClOS. The molecule has 1 unspecified atom stereocenters. The van der Waals surface area contributed by atoms with E-state index in [2.05, 4.69) is 19.1 Å². The maximum atomic E-state index is 6.04. The molecule has 0 aliphatic heterocycles. The van der Waals surface area contributed by atoms with Crippen molar-refractivity contribution in [1.82, 2.24) is 0 Å². The first kappa shape index (κ1) is 14.7. The van der Waals surface area contributed by atoms with E-state index < -0.39 is 0 Å². The van der Waals surface area contributed by atoms with Gasteiger partial charge in [-0.25, -0.2) is 0 Å². The van der Waals surface area contributed by atoms with E-state index in [0.29, 0.717) is 5.92 Å². The molecule has 0 fully saturated rings. The molecule has 0 heterocycles. The molecule has 1 nitrogen and oxygen atoms in total. The number of hydrogen-bond acceptors (Lipinski definition) is 2. The van der Waals surface area contributed by atoms with Crippen molar-refractivity contribution in [2.45, 2.75) is 19.8 Å². The van der Waals surface area contributed by atoms with E-state index in [-0.39, 0.29) is 0 Å². The van der Waals surface area contributed by atoms with Crippen LogP contribution in [0.2, 0.25) is 0 Å². The molecule has 0 aromatic heterocycles. The van der Waals surface area contributed by atoms with Gasteiger partial charge in [0.2, 0.25) is 0 Å². The van der Waals surface area contributed by atoms with Crippen molar-refractivity contribution < 1.29 is 4.74 Å². The predicted octanol–water partition coefficient (Wildman–Crippen LogP) is 4.24. The van der Waals surface area contributed by atoms with Gasteiger partial charge in [-0.15, -0.1) is 11.6 Å². The highest BCUT2D eigenvalue weighted by molar-refractivity contribution is 7.99. The third-order valence-electron chi connectivity index (χ3n) is 2.79.